The first kappa shape index (κ1) is 35.2. The molecule has 1 aliphatic heterocycles. The Bertz CT molecular complexity index is 1220. The van der Waals surface area contributed by atoms with Crippen molar-refractivity contribution in [1.29, 1.82) is 0 Å². The average molecular weight is 544 g/mol. The van der Waals surface area contributed by atoms with Gasteiger partial charge in [-0.05, 0) is 0 Å². The summed E-state index contributed by atoms with van der Waals surface area (Å²) in [5, 5.41) is 20.4. The van der Waals surface area contributed by atoms with Crippen LogP contribution in [0.5, 0.6) is 0 Å². The molecule has 1 saturated heterocycles. The van der Waals surface area contributed by atoms with Crippen LogP contribution >= 0.6 is 23.5 Å². The van der Waals surface area contributed by atoms with Gasteiger partial charge in [-0.2, -0.15) is 13.6 Å². The number of rotatable bonds is 8. The zero-order chi connectivity index (χ0) is 24.1. The molecule has 35 heavy (non-hydrogen) atoms. The number of anilines is 1. The van der Waals surface area contributed by atoms with Crippen molar-refractivity contribution in [3.05, 3.63) is 16.7 Å². The Morgan fingerprint density at radius 2 is 1.66 bits per heavy atom. The second kappa shape index (κ2) is 12.9. The molecule has 0 saturated carbocycles. The van der Waals surface area contributed by atoms with E-state index in [4.69, 9.17) is 25.2 Å². The van der Waals surface area contributed by atoms with E-state index in [1.165, 1.54) is 0 Å². The predicted molar refractivity (Wildman–Crippen MR) is 116 cm³/mol. The fourth-order valence-corrected chi connectivity index (χ4v) is 5.73. The molecule has 0 aliphatic carbocycles. The van der Waals surface area contributed by atoms with Gasteiger partial charge in [-0.1, -0.05) is 0 Å². The summed E-state index contributed by atoms with van der Waals surface area (Å²) in [7, 11) is -16.8. The molecule has 0 spiro atoms. The summed E-state index contributed by atoms with van der Waals surface area (Å²) < 4.78 is 51.6. The van der Waals surface area contributed by atoms with Crippen molar-refractivity contribution in [2.24, 2.45) is 0 Å². The van der Waals surface area contributed by atoms with E-state index in [1.807, 2.05) is 0 Å². The third-order valence-corrected chi connectivity index (χ3v) is 7.68. The van der Waals surface area contributed by atoms with Crippen LogP contribution in [0.2, 0.25) is 0 Å². The second-order valence-electron chi connectivity index (χ2n) is 6.21. The molecule has 0 amide bonds. The van der Waals surface area contributed by atoms with Crippen LogP contribution in [0.4, 0.5) is 5.95 Å². The maximum absolute atomic E-state index is 11.9. The first-order valence-corrected chi connectivity index (χ1v) is 12.6. The number of phosphoric acid groups is 3. The molecule has 3 rings (SSSR count). The van der Waals surface area contributed by atoms with E-state index in [0.717, 1.165) is 10.9 Å². The third-order valence-electron chi connectivity index (χ3n) is 3.88. The summed E-state index contributed by atoms with van der Waals surface area (Å²) in [5.41, 5.74) is 4.50. The molecule has 9 N–H and O–H groups in total. The molecule has 2 aromatic heterocycles. The van der Waals surface area contributed by atoms with Crippen LogP contribution in [-0.4, -0.2) is 131 Å². The molecule has 1 fully saturated rings. The number of hydrogen-bond donors (Lipinski definition) is 8. The van der Waals surface area contributed by atoms with E-state index in [2.05, 4.69) is 28.1 Å². The summed E-state index contributed by atoms with van der Waals surface area (Å²) in [6.07, 6.45) is -5.33. The Hall–Kier alpha value is 0.232. The summed E-state index contributed by atoms with van der Waals surface area (Å²) in [6, 6.07) is 0. The van der Waals surface area contributed by atoms with Gasteiger partial charge in [-0.3, -0.25) is 18.9 Å². The molecule has 0 aromatic carbocycles. The van der Waals surface area contributed by atoms with Gasteiger partial charge in [0.1, 0.15) is 18.3 Å². The molecule has 19 nitrogen and oxygen atoms in total. The second-order valence-corrected chi connectivity index (χ2v) is 10.6. The molecule has 1 aliphatic rings. The number of aliphatic hydroxyl groups excluding tert-OH is 2. The quantitative estimate of drug-likeness (QED) is 0.118. The first-order valence-electron chi connectivity index (χ1n) is 8.11. The number of aromatic amines is 1. The van der Waals surface area contributed by atoms with E-state index >= 15 is 0 Å². The van der Waals surface area contributed by atoms with E-state index < -0.39 is 60.2 Å². The Balaban J connectivity index is 0.00000385. The maximum Gasteiger partial charge on any atom is 0.490 e. The number of aromatic nitrogens is 4. The monoisotopic (exact) mass is 544 g/mol. The van der Waals surface area contributed by atoms with Crippen LogP contribution in [0.15, 0.2) is 11.1 Å². The van der Waals surface area contributed by atoms with Crippen LogP contribution in [0, 0.1) is 0 Å². The Morgan fingerprint density at radius 1 is 1.06 bits per heavy atom. The normalized spacial score (nSPS) is 25.5. The predicted octanol–water partition coefficient (Wildman–Crippen LogP) is -3.48. The van der Waals surface area contributed by atoms with Crippen molar-refractivity contribution < 1.29 is 61.4 Å². The Kier molecular flexibility index (Phi) is 12.9. The number of aliphatic hydroxyl groups is 2. The summed E-state index contributed by atoms with van der Waals surface area (Å²) in [4.78, 5) is 57.3. The molecule has 183 valence electrons. The molecule has 3 heterocycles. The number of nitrogens with two attached hydrogens (primary N) is 1. The van der Waals surface area contributed by atoms with E-state index in [0.29, 0.717) is 0 Å². The zero-order valence-corrected chi connectivity index (χ0v) is 21.0. The number of nitrogens with zero attached hydrogens (tertiary/aromatic N) is 3. The summed E-state index contributed by atoms with van der Waals surface area (Å²) in [5.74, 6) is -0.276. The largest absolute Gasteiger partial charge is 0.490 e. The number of imidazole rings is 1. The number of ether oxygens (including phenoxy) is 1. The van der Waals surface area contributed by atoms with Gasteiger partial charge in [0.05, 0.1) is 12.9 Å². The maximum atomic E-state index is 11.9. The number of phosphoric ester groups is 1. The number of nitrogen functional groups attached to an aromatic ring is 1. The smallest absolute Gasteiger partial charge is 0.387 e. The fraction of sp³-hybridized carbons (Fsp3) is 0.500. The van der Waals surface area contributed by atoms with Gasteiger partial charge in [0.25, 0.3) is 5.56 Å². The van der Waals surface area contributed by atoms with Crippen molar-refractivity contribution >= 4 is 97.2 Å². The van der Waals surface area contributed by atoms with Crippen molar-refractivity contribution in [2.45, 2.75) is 24.5 Å². The van der Waals surface area contributed by atoms with Crippen LogP contribution in [0.1, 0.15) is 6.23 Å². The van der Waals surface area contributed by atoms with Gasteiger partial charge in [0.15, 0.2) is 17.4 Å². The van der Waals surface area contributed by atoms with Crippen molar-refractivity contribution in [3.8, 4) is 0 Å². The minimum atomic E-state index is -5.73. The molecule has 2 unspecified atom stereocenters. The molecule has 6 atom stereocenters. The van der Waals surface area contributed by atoms with Crippen LogP contribution < -0.4 is 11.3 Å². The van der Waals surface area contributed by atoms with Gasteiger partial charge in [-0.25, -0.2) is 18.7 Å². The minimum Gasteiger partial charge on any atom is -0.387 e. The number of hydrogen-bond acceptors (Lipinski definition) is 13. The number of H-pyrrole nitrogens is 1. The van der Waals surface area contributed by atoms with Crippen molar-refractivity contribution in [3.63, 3.8) is 0 Å². The minimum absolute atomic E-state index is 0. The molecule has 25 heteroatoms. The van der Waals surface area contributed by atoms with Gasteiger partial charge >= 0.3 is 23.5 Å². The topological polar surface area (TPSA) is 299 Å². The average Bonchev–Trinajstić information content (AvgIpc) is 3.12. The molecular weight excluding hydrogens is 528 g/mol. The van der Waals surface area contributed by atoms with Gasteiger partial charge in [0.2, 0.25) is 5.95 Å². The van der Waals surface area contributed by atoms with E-state index in [9.17, 15) is 33.6 Å². The SMILES string of the molecule is Nc1nc2c(ncn2[C@@H]2O[C@H](COP(=O)(O)OP(=O)(O)OP(=O)(O)O)[C@@H](O)[C@H]2O)c(=O)[nH]1.[Li].[Li].[Li]. The van der Waals surface area contributed by atoms with Crippen LogP contribution in [0.3, 0.4) is 0 Å². The van der Waals surface area contributed by atoms with Crippen molar-refractivity contribution in [2.75, 3.05) is 12.3 Å². The standard InChI is InChI=1S/C10H16N5O14P3.3Li/c11-10-13-7-4(8(18)14-10)12-2-15(7)9-6(17)5(16)3(27-9)1-26-31(22,23)29-32(24,25)28-30(19,20)21;;;/h2-3,5-6,9,16-17H,1H2,(H,22,23)(H,24,25)(H2,19,20,21)(H3,11,13,14,18);;;/t3-,5-,6-,9-;;;/m1.../s1. The Morgan fingerprint density at radius 3 is 2.23 bits per heavy atom. The Labute approximate surface area is 230 Å². The molecule has 0 bridgehead atoms. The first-order chi connectivity index (χ1) is 14.6. The van der Waals surface area contributed by atoms with Crippen molar-refractivity contribution in [1.82, 2.24) is 19.5 Å². The third kappa shape index (κ3) is 8.89. The fourth-order valence-electron chi connectivity index (χ4n) is 2.70. The van der Waals surface area contributed by atoms with Gasteiger partial charge in [0, 0.05) is 56.6 Å². The van der Waals surface area contributed by atoms with Gasteiger partial charge in [-0.15, -0.1) is 0 Å². The van der Waals surface area contributed by atoms with E-state index in [1.54, 1.807) is 0 Å². The van der Waals surface area contributed by atoms with Gasteiger partial charge < -0.3 is 40.3 Å². The number of nitrogens with one attached hydrogen (secondary N) is 1. The summed E-state index contributed by atoms with van der Waals surface area (Å²) in [6.45, 7) is -1.01. The van der Waals surface area contributed by atoms with Crippen LogP contribution in [0.25, 0.3) is 11.2 Å². The summed E-state index contributed by atoms with van der Waals surface area (Å²) >= 11 is 0. The zero-order valence-electron chi connectivity index (χ0n) is 18.3. The van der Waals surface area contributed by atoms with Crippen LogP contribution in [-0.2, 0) is 31.6 Å². The molecule has 2 aromatic rings. The molecular formula is C10H16Li3N5O14P3. The molecule has 3 radical (unpaired) electrons. The number of fused-ring (bicyclic) bond motifs is 1. The van der Waals surface area contributed by atoms with E-state index in [-0.39, 0.29) is 73.7 Å².